The van der Waals surface area contributed by atoms with Crippen LogP contribution in [0.3, 0.4) is 0 Å². The van der Waals surface area contributed by atoms with Crippen molar-refractivity contribution in [2.24, 2.45) is 0 Å². The van der Waals surface area contributed by atoms with Crippen molar-refractivity contribution in [3.63, 3.8) is 0 Å². The van der Waals surface area contributed by atoms with Crippen molar-refractivity contribution in [3.05, 3.63) is 46.6 Å². The van der Waals surface area contributed by atoms with Gasteiger partial charge in [-0.3, -0.25) is 4.79 Å². The minimum atomic E-state index is -0.0235. The maximum atomic E-state index is 12.2. The lowest BCUT2D eigenvalue weighted by molar-refractivity contribution is -0.127. The molecule has 2 aliphatic rings. The first-order chi connectivity index (χ1) is 11.6. The van der Waals surface area contributed by atoms with Crippen molar-refractivity contribution in [2.45, 2.75) is 43.8 Å². The van der Waals surface area contributed by atoms with E-state index in [9.17, 15) is 4.79 Å². The summed E-state index contributed by atoms with van der Waals surface area (Å²) in [6, 6.07) is 7.63. The van der Waals surface area contributed by atoms with E-state index in [2.05, 4.69) is 15.5 Å². The van der Waals surface area contributed by atoms with Gasteiger partial charge in [-0.2, -0.15) is 4.98 Å². The molecule has 2 heterocycles. The Hall–Kier alpha value is -1.92. The summed E-state index contributed by atoms with van der Waals surface area (Å²) >= 11 is 5.97. The first-order valence-electron chi connectivity index (χ1n) is 8.19. The number of carbonyl (C=O) groups excluding carboxylic acids is 1. The van der Waals surface area contributed by atoms with Gasteiger partial charge in [0.2, 0.25) is 11.8 Å². The van der Waals surface area contributed by atoms with E-state index in [1.807, 2.05) is 31.3 Å². The molecule has 1 aliphatic carbocycles. The van der Waals surface area contributed by atoms with Gasteiger partial charge in [0.15, 0.2) is 5.82 Å². The lowest BCUT2D eigenvalue weighted by atomic mass is 10.0. The van der Waals surface area contributed by atoms with E-state index in [1.54, 1.807) is 4.90 Å². The molecule has 2 fully saturated rings. The SMILES string of the molecule is CN1C(=O)C[C@H](NCc2noc(C3CC3)n2)[C@H]1c1ccc(Cl)cc1. The molecule has 1 aromatic carbocycles. The summed E-state index contributed by atoms with van der Waals surface area (Å²) in [5.41, 5.74) is 1.07. The fourth-order valence-electron chi connectivity index (χ4n) is 3.23. The second-order valence-corrected chi connectivity index (χ2v) is 6.95. The van der Waals surface area contributed by atoms with Crippen molar-refractivity contribution in [2.75, 3.05) is 7.05 Å². The van der Waals surface area contributed by atoms with Crippen molar-refractivity contribution in [1.29, 1.82) is 0 Å². The summed E-state index contributed by atoms with van der Waals surface area (Å²) in [5, 5.41) is 8.12. The number of nitrogens with zero attached hydrogens (tertiary/aromatic N) is 3. The standard InChI is InChI=1S/C17H19ClN4O2/c1-22-15(23)8-13(16(22)10-4-6-12(18)7-5-10)19-9-14-20-17(24-21-14)11-2-3-11/h4-7,11,13,16,19H,2-3,8-9H2,1H3/t13-,16+/m0/s1. The Morgan fingerprint density at radius 2 is 2.08 bits per heavy atom. The Labute approximate surface area is 145 Å². The number of rotatable bonds is 5. The Bertz CT molecular complexity index is 741. The number of hydrogen-bond acceptors (Lipinski definition) is 5. The van der Waals surface area contributed by atoms with Crippen LogP contribution in [0.1, 0.15) is 48.5 Å². The summed E-state index contributed by atoms with van der Waals surface area (Å²) in [7, 11) is 1.84. The Morgan fingerprint density at radius 1 is 1.33 bits per heavy atom. The summed E-state index contributed by atoms with van der Waals surface area (Å²) < 4.78 is 5.28. The van der Waals surface area contributed by atoms with Crippen LogP contribution in [0.4, 0.5) is 0 Å². The highest BCUT2D eigenvalue weighted by Gasteiger charge is 2.38. The third kappa shape index (κ3) is 3.03. The van der Waals surface area contributed by atoms with Gasteiger partial charge in [-0.1, -0.05) is 28.9 Å². The summed E-state index contributed by atoms with van der Waals surface area (Å²) in [6.45, 7) is 0.492. The van der Waals surface area contributed by atoms with Crippen LogP contribution >= 0.6 is 11.6 Å². The van der Waals surface area contributed by atoms with Crippen molar-refractivity contribution >= 4 is 17.5 Å². The van der Waals surface area contributed by atoms with Crippen LogP contribution in [0.15, 0.2) is 28.8 Å². The number of amides is 1. The van der Waals surface area contributed by atoms with Gasteiger partial charge < -0.3 is 14.7 Å². The van der Waals surface area contributed by atoms with Crippen LogP contribution < -0.4 is 5.32 Å². The molecule has 24 heavy (non-hydrogen) atoms. The molecule has 126 valence electrons. The predicted octanol–water partition coefficient (Wildman–Crippen LogP) is 2.66. The number of carbonyl (C=O) groups is 1. The topological polar surface area (TPSA) is 71.3 Å². The Morgan fingerprint density at radius 3 is 2.79 bits per heavy atom. The summed E-state index contributed by atoms with van der Waals surface area (Å²) in [6.07, 6.45) is 2.72. The minimum absolute atomic E-state index is 0.00607. The van der Waals surface area contributed by atoms with Gasteiger partial charge in [0.1, 0.15) is 0 Å². The maximum absolute atomic E-state index is 12.2. The van der Waals surface area contributed by atoms with Gasteiger partial charge in [-0.05, 0) is 30.5 Å². The molecule has 7 heteroatoms. The van der Waals surface area contributed by atoms with Gasteiger partial charge in [0.05, 0.1) is 12.6 Å². The van der Waals surface area contributed by atoms with E-state index in [4.69, 9.17) is 16.1 Å². The van der Waals surface area contributed by atoms with E-state index >= 15 is 0 Å². The van der Waals surface area contributed by atoms with Crippen molar-refractivity contribution in [1.82, 2.24) is 20.4 Å². The molecule has 1 aromatic heterocycles. The molecule has 0 spiro atoms. The van der Waals surface area contributed by atoms with Crippen LogP contribution in [-0.4, -0.2) is 34.0 Å². The number of likely N-dealkylation sites (N-methyl/N-ethyl adjacent to an activating group) is 1. The second-order valence-electron chi connectivity index (χ2n) is 6.52. The van der Waals surface area contributed by atoms with E-state index in [0.717, 1.165) is 24.3 Å². The zero-order valence-electron chi connectivity index (χ0n) is 13.4. The van der Waals surface area contributed by atoms with Gasteiger partial charge in [0.25, 0.3) is 0 Å². The van der Waals surface area contributed by atoms with E-state index in [-0.39, 0.29) is 18.0 Å². The molecule has 1 amide bonds. The quantitative estimate of drug-likeness (QED) is 0.901. The molecule has 1 N–H and O–H groups in total. The lowest BCUT2D eigenvalue weighted by Gasteiger charge is -2.25. The molecule has 2 aromatic rings. The molecule has 0 bridgehead atoms. The molecule has 1 saturated heterocycles. The predicted molar refractivity (Wildman–Crippen MR) is 88.5 cm³/mol. The van der Waals surface area contributed by atoms with Gasteiger partial charge in [-0.25, -0.2) is 0 Å². The highest BCUT2D eigenvalue weighted by atomic mass is 35.5. The number of hydrogen-bond donors (Lipinski definition) is 1. The van der Waals surface area contributed by atoms with Crippen LogP contribution in [0.2, 0.25) is 5.02 Å². The highest BCUT2D eigenvalue weighted by Crippen LogP contribution is 2.39. The normalized spacial score (nSPS) is 23.9. The van der Waals surface area contributed by atoms with Gasteiger partial charge in [-0.15, -0.1) is 0 Å². The van der Waals surface area contributed by atoms with E-state index in [0.29, 0.717) is 29.7 Å². The second kappa shape index (κ2) is 6.18. The molecule has 0 radical (unpaired) electrons. The number of nitrogens with one attached hydrogen (secondary N) is 1. The van der Waals surface area contributed by atoms with E-state index in [1.165, 1.54) is 0 Å². The third-order valence-corrected chi connectivity index (χ3v) is 4.98. The molecular formula is C17H19ClN4O2. The third-order valence-electron chi connectivity index (χ3n) is 4.73. The molecular weight excluding hydrogens is 328 g/mol. The van der Waals surface area contributed by atoms with E-state index < -0.39 is 0 Å². The molecule has 0 unspecified atom stereocenters. The van der Waals surface area contributed by atoms with Crippen LogP contribution in [0.25, 0.3) is 0 Å². The number of likely N-dealkylation sites (tertiary alicyclic amines) is 1. The lowest BCUT2D eigenvalue weighted by Crippen LogP contribution is -2.35. The molecule has 2 atom stereocenters. The number of halogens is 1. The smallest absolute Gasteiger partial charge is 0.229 e. The zero-order chi connectivity index (χ0) is 16.7. The van der Waals surface area contributed by atoms with Crippen LogP contribution in [0, 0.1) is 0 Å². The first kappa shape index (κ1) is 15.6. The first-order valence-corrected chi connectivity index (χ1v) is 8.56. The molecule has 6 nitrogen and oxygen atoms in total. The molecule has 1 saturated carbocycles. The molecule has 4 rings (SSSR count). The fourth-order valence-corrected chi connectivity index (χ4v) is 3.35. The van der Waals surface area contributed by atoms with Crippen molar-refractivity contribution < 1.29 is 9.32 Å². The largest absolute Gasteiger partial charge is 0.339 e. The van der Waals surface area contributed by atoms with Crippen molar-refractivity contribution in [3.8, 4) is 0 Å². The minimum Gasteiger partial charge on any atom is -0.339 e. The van der Waals surface area contributed by atoms with Gasteiger partial charge in [0, 0.05) is 30.5 Å². The highest BCUT2D eigenvalue weighted by molar-refractivity contribution is 6.30. The van der Waals surface area contributed by atoms with Crippen LogP contribution in [-0.2, 0) is 11.3 Å². The average Bonchev–Trinajstić information content (AvgIpc) is 3.25. The fraction of sp³-hybridized carbons (Fsp3) is 0.471. The molecule has 1 aliphatic heterocycles. The Kier molecular flexibility index (Phi) is 4.02. The zero-order valence-corrected chi connectivity index (χ0v) is 14.2. The number of aromatic nitrogens is 2. The summed E-state index contributed by atoms with van der Waals surface area (Å²) in [4.78, 5) is 18.4. The number of benzene rings is 1. The summed E-state index contributed by atoms with van der Waals surface area (Å²) in [5.74, 6) is 1.96. The average molecular weight is 347 g/mol. The Balaban J connectivity index is 1.47. The van der Waals surface area contributed by atoms with Gasteiger partial charge >= 0.3 is 0 Å². The monoisotopic (exact) mass is 346 g/mol. The van der Waals surface area contributed by atoms with Crippen LogP contribution in [0.5, 0.6) is 0 Å². The maximum Gasteiger partial charge on any atom is 0.229 e.